The highest BCUT2D eigenvalue weighted by Crippen LogP contribution is 2.27. The van der Waals surface area contributed by atoms with Gasteiger partial charge >= 0.3 is 0 Å². The van der Waals surface area contributed by atoms with Crippen molar-refractivity contribution >= 4 is 11.7 Å². The molecule has 0 spiro atoms. The molecule has 0 aliphatic heterocycles. The van der Waals surface area contributed by atoms with Crippen LogP contribution in [0, 0.1) is 19.8 Å². The summed E-state index contributed by atoms with van der Waals surface area (Å²) < 4.78 is 0. The van der Waals surface area contributed by atoms with E-state index in [1.807, 2.05) is 32.0 Å². The van der Waals surface area contributed by atoms with Crippen LogP contribution in [-0.4, -0.2) is 33.9 Å². The van der Waals surface area contributed by atoms with E-state index < -0.39 is 0 Å². The molecule has 2 N–H and O–H groups in total. The Morgan fingerprint density at radius 3 is 2.69 bits per heavy atom. The number of carbonyl (C=O) groups is 1. The molecule has 1 fully saturated rings. The lowest BCUT2D eigenvalue weighted by Gasteiger charge is -2.13. The zero-order valence-electron chi connectivity index (χ0n) is 15.6. The van der Waals surface area contributed by atoms with Gasteiger partial charge in [0, 0.05) is 37.0 Å². The second-order valence-corrected chi connectivity index (χ2v) is 6.95. The zero-order chi connectivity index (χ0) is 18.4. The number of carbonyl (C=O) groups excluding carboxylic acids is 1. The highest BCUT2D eigenvalue weighted by Gasteiger charge is 2.18. The van der Waals surface area contributed by atoms with Crippen molar-refractivity contribution in [3.8, 4) is 11.5 Å². The predicted octanol–water partition coefficient (Wildman–Crippen LogP) is 3.26. The molecule has 0 saturated heterocycles. The minimum Gasteiger partial charge on any atom is -0.368 e. The van der Waals surface area contributed by atoms with Crippen LogP contribution in [0.25, 0.3) is 11.5 Å². The molecule has 0 radical (unpaired) electrons. The van der Waals surface area contributed by atoms with Gasteiger partial charge < -0.3 is 10.6 Å². The Bertz CT molecular complexity index is 741. The number of nitrogens with zero attached hydrogens (tertiary/aromatic N) is 3. The van der Waals surface area contributed by atoms with Crippen molar-refractivity contribution in [2.45, 2.75) is 46.0 Å². The van der Waals surface area contributed by atoms with Gasteiger partial charge in [0.2, 0.25) is 5.91 Å². The molecule has 2 aromatic rings. The Morgan fingerprint density at radius 1 is 1.15 bits per heavy atom. The number of aromatic nitrogens is 3. The molecule has 0 aromatic carbocycles. The third kappa shape index (κ3) is 4.77. The average Bonchev–Trinajstić information content (AvgIpc) is 3.15. The minimum atomic E-state index is 0.156. The van der Waals surface area contributed by atoms with Crippen LogP contribution in [0.4, 0.5) is 5.82 Å². The van der Waals surface area contributed by atoms with Crippen molar-refractivity contribution in [3.63, 3.8) is 0 Å². The molecule has 0 bridgehead atoms. The fourth-order valence-electron chi connectivity index (χ4n) is 3.34. The van der Waals surface area contributed by atoms with Crippen LogP contribution >= 0.6 is 0 Å². The average molecular weight is 353 g/mol. The van der Waals surface area contributed by atoms with E-state index in [9.17, 15) is 4.79 Å². The Balaban J connectivity index is 1.54. The van der Waals surface area contributed by atoms with E-state index >= 15 is 0 Å². The van der Waals surface area contributed by atoms with Crippen LogP contribution in [0.5, 0.6) is 0 Å². The number of rotatable bonds is 7. The molecule has 1 amide bonds. The van der Waals surface area contributed by atoms with Gasteiger partial charge in [-0.1, -0.05) is 18.9 Å². The van der Waals surface area contributed by atoms with E-state index in [-0.39, 0.29) is 5.91 Å². The van der Waals surface area contributed by atoms with Gasteiger partial charge in [-0.2, -0.15) is 0 Å². The van der Waals surface area contributed by atoms with Gasteiger partial charge in [-0.15, -0.1) is 0 Å². The van der Waals surface area contributed by atoms with Gasteiger partial charge in [0.05, 0.1) is 0 Å². The van der Waals surface area contributed by atoms with Crippen LogP contribution in [0.2, 0.25) is 0 Å². The fraction of sp³-hybridized carbons (Fsp3) is 0.500. The first-order chi connectivity index (χ1) is 12.6. The standard InChI is InChI=1S/C20H27N5O/c1-14-15(2)24-20(17-9-5-6-10-21-17)25-19(14)23-12-11-22-18(26)13-16-7-3-4-8-16/h5-6,9-10,16H,3-4,7-8,11-13H2,1-2H3,(H,22,26)(H,23,24,25). The highest BCUT2D eigenvalue weighted by atomic mass is 16.1. The van der Waals surface area contributed by atoms with Crippen molar-refractivity contribution in [2.75, 3.05) is 18.4 Å². The number of hydrogen-bond acceptors (Lipinski definition) is 5. The maximum atomic E-state index is 12.0. The molecule has 2 aromatic heterocycles. The number of hydrogen-bond donors (Lipinski definition) is 2. The van der Waals surface area contributed by atoms with E-state index in [0.29, 0.717) is 31.3 Å². The first-order valence-electron chi connectivity index (χ1n) is 9.40. The molecule has 138 valence electrons. The van der Waals surface area contributed by atoms with Crippen molar-refractivity contribution in [1.29, 1.82) is 0 Å². The normalized spacial score (nSPS) is 14.4. The number of nitrogens with one attached hydrogen (secondary N) is 2. The van der Waals surface area contributed by atoms with E-state index in [1.165, 1.54) is 25.7 Å². The summed E-state index contributed by atoms with van der Waals surface area (Å²) in [7, 11) is 0. The first-order valence-corrected chi connectivity index (χ1v) is 9.40. The predicted molar refractivity (Wildman–Crippen MR) is 103 cm³/mol. The molecule has 6 heteroatoms. The third-order valence-electron chi connectivity index (χ3n) is 4.97. The summed E-state index contributed by atoms with van der Waals surface area (Å²) in [5.74, 6) is 2.14. The molecule has 3 rings (SSSR count). The van der Waals surface area contributed by atoms with E-state index in [2.05, 4.69) is 25.6 Å². The molecule has 0 unspecified atom stereocenters. The van der Waals surface area contributed by atoms with Crippen molar-refractivity contribution in [2.24, 2.45) is 5.92 Å². The first kappa shape index (κ1) is 18.3. The van der Waals surface area contributed by atoms with E-state index in [1.54, 1.807) is 6.20 Å². The SMILES string of the molecule is Cc1nc(-c2ccccn2)nc(NCCNC(=O)CC2CCCC2)c1C. The lowest BCUT2D eigenvalue weighted by atomic mass is 10.0. The third-order valence-corrected chi connectivity index (χ3v) is 4.97. The van der Waals surface area contributed by atoms with Crippen LogP contribution < -0.4 is 10.6 Å². The summed E-state index contributed by atoms with van der Waals surface area (Å²) in [6, 6.07) is 5.70. The van der Waals surface area contributed by atoms with Gasteiger partial charge in [0.1, 0.15) is 11.5 Å². The highest BCUT2D eigenvalue weighted by molar-refractivity contribution is 5.76. The second kappa shape index (κ2) is 8.74. The molecule has 0 atom stereocenters. The molecular weight excluding hydrogens is 326 g/mol. The summed E-state index contributed by atoms with van der Waals surface area (Å²) in [6.45, 7) is 5.19. The largest absolute Gasteiger partial charge is 0.368 e. The smallest absolute Gasteiger partial charge is 0.220 e. The Hall–Kier alpha value is -2.50. The Morgan fingerprint density at radius 2 is 1.96 bits per heavy atom. The zero-order valence-corrected chi connectivity index (χ0v) is 15.6. The lowest BCUT2D eigenvalue weighted by molar-refractivity contribution is -0.121. The van der Waals surface area contributed by atoms with Crippen LogP contribution in [0.1, 0.15) is 43.4 Å². The summed E-state index contributed by atoms with van der Waals surface area (Å²) in [5.41, 5.74) is 2.69. The summed E-state index contributed by atoms with van der Waals surface area (Å²) in [4.78, 5) is 25.5. The molecule has 26 heavy (non-hydrogen) atoms. The van der Waals surface area contributed by atoms with Gasteiger partial charge in [-0.3, -0.25) is 9.78 Å². The summed E-state index contributed by atoms with van der Waals surface area (Å²) in [5, 5.41) is 6.32. The van der Waals surface area contributed by atoms with Crippen molar-refractivity contribution in [1.82, 2.24) is 20.3 Å². The molecular formula is C20H27N5O. The number of pyridine rings is 1. The van der Waals surface area contributed by atoms with Gasteiger partial charge in [-0.05, 0) is 44.7 Å². The Labute approximate surface area is 154 Å². The second-order valence-electron chi connectivity index (χ2n) is 6.95. The number of anilines is 1. The van der Waals surface area contributed by atoms with Gasteiger partial charge in [0.15, 0.2) is 5.82 Å². The minimum absolute atomic E-state index is 0.156. The molecule has 1 saturated carbocycles. The molecule has 2 heterocycles. The van der Waals surface area contributed by atoms with E-state index in [0.717, 1.165) is 22.8 Å². The molecule has 1 aliphatic rings. The number of aryl methyl sites for hydroxylation is 1. The molecule has 1 aliphatic carbocycles. The van der Waals surface area contributed by atoms with Gasteiger partial charge in [0.25, 0.3) is 0 Å². The van der Waals surface area contributed by atoms with Gasteiger partial charge in [-0.25, -0.2) is 9.97 Å². The Kier molecular flexibility index (Phi) is 6.15. The van der Waals surface area contributed by atoms with E-state index in [4.69, 9.17) is 0 Å². The molecule has 6 nitrogen and oxygen atoms in total. The van der Waals surface area contributed by atoms with Crippen LogP contribution in [-0.2, 0) is 4.79 Å². The maximum absolute atomic E-state index is 12.0. The van der Waals surface area contributed by atoms with Crippen molar-refractivity contribution in [3.05, 3.63) is 35.7 Å². The monoisotopic (exact) mass is 353 g/mol. The number of amides is 1. The topological polar surface area (TPSA) is 79.8 Å². The van der Waals surface area contributed by atoms with Crippen LogP contribution in [0.15, 0.2) is 24.4 Å². The quantitative estimate of drug-likeness (QED) is 0.747. The van der Waals surface area contributed by atoms with Crippen LogP contribution in [0.3, 0.4) is 0 Å². The summed E-state index contributed by atoms with van der Waals surface area (Å²) in [6.07, 6.45) is 7.33. The summed E-state index contributed by atoms with van der Waals surface area (Å²) >= 11 is 0. The maximum Gasteiger partial charge on any atom is 0.220 e. The lowest BCUT2D eigenvalue weighted by Crippen LogP contribution is -2.30. The van der Waals surface area contributed by atoms with Crippen molar-refractivity contribution < 1.29 is 4.79 Å². The fourth-order valence-corrected chi connectivity index (χ4v) is 3.34.